The molecule has 2 bridgehead atoms. The first-order valence-electron chi connectivity index (χ1n) is 9.32. The fourth-order valence-corrected chi connectivity index (χ4v) is 4.74. The average Bonchev–Trinajstić information content (AvgIpc) is 3.38. The van der Waals surface area contributed by atoms with Crippen LogP contribution in [0.2, 0.25) is 0 Å². The zero-order valence-electron chi connectivity index (χ0n) is 15.4. The Kier molecular flexibility index (Phi) is 4.14. The van der Waals surface area contributed by atoms with Crippen molar-refractivity contribution >= 4 is 11.8 Å². The lowest BCUT2D eigenvalue weighted by atomic mass is 9.76. The quantitative estimate of drug-likeness (QED) is 0.721. The fourth-order valence-electron chi connectivity index (χ4n) is 4.74. The number of carbonyl (C=O) groups excluding carboxylic acids is 2. The maximum absolute atomic E-state index is 13.2. The number of hydrogen-bond acceptors (Lipinski definition) is 5. The van der Waals surface area contributed by atoms with Crippen molar-refractivity contribution in [3.8, 4) is 0 Å². The molecule has 4 heterocycles. The van der Waals surface area contributed by atoms with E-state index in [1.165, 1.54) is 6.26 Å². The number of amides is 2. The van der Waals surface area contributed by atoms with Gasteiger partial charge < -0.3 is 19.1 Å². The van der Waals surface area contributed by atoms with E-state index in [2.05, 4.69) is 19.0 Å². The summed E-state index contributed by atoms with van der Waals surface area (Å²) in [4.78, 5) is 29.9. The van der Waals surface area contributed by atoms with Crippen molar-refractivity contribution in [3.05, 3.63) is 30.2 Å². The predicted molar refractivity (Wildman–Crippen MR) is 92.8 cm³/mol. The van der Waals surface area contributed by atoms with E-state index in [0.717, 1.165) is 12.8 Å². The largest absolute Gasteiger partial charge is 0.364 e. The van der Waals surface area contributed by atoms with Crippen LogP contribution >= 0.6 is 0 Å². The van der Waals surface area contributed by atoms with Crippen molar-refractivity contribution in [3.63, 3.8) is 0 Å². The molecule has 0 unspecified atom stereocenters. The summed E-state index contributed by atoms with van der Waals surface area (Å²) in [6.07, 6.45) is 6.93. The molecule has 1 aromatic rings. The van der Waals surface area contributed by atoms with Gasteiger partial charge in [-0.15, -0.1) is 0 Å². The number of fused-ring (bicyclic) bond motifs is 1. The van der Waals surface area contributed by atoms with Crippen LogP contribution in [0.4, 0.5) is 0 Å². The summed E-state index contributed by atoms with van der Waals surface area (Å²) >= 11 is 0. The number of aromatic nitrogens is 1. The maximum Gasteiger partial charge on any atom is 0.230 e. The molecule has 3 aliphatic heterocycles. The van der Waals surface area contributed by atoms with E-state index in [-0.39, 0.29) is 24.0 Å². The molecule has 2 saturated heterocycles. The Morgan fingerprint density at radius 3 is 2.88 bits per heavy atom. The standard InChI is InChI=1S/C19H25N3O4/c1-4-13(5-2)22-11-19-8-6-14(26-19)15(16(19)18(22)24)17(23)21(3)10-12-7-9-25-20-12/h6-9,13-16H,4-5,10-11H2,1-3H3/t14-,15-,16-,19-/m0/s1. The van der Waals surface area contributed by atoms with Crippen LogP contribution in [0.1, 0.15) is 32.4 Å². The van der Waals surface area contributed by atoms with Gasteiger partial charge in [-0.05, 0) is 12.8 Å². The zero-order chi connectivity index (χ0) is 18.5. The van der Waals surface area contributed by atoms with Gasteiger partial charge >= 0.3 is 0 Å². The van der Waals surface area contributed by atoms with Crippen LogP contribution in [0.15, 0.2) is 29.0 Å². The second-order valence-electron chi connectivity index (χ2n) is 7.52. The Bertz CT molecular complexity index is 727. The van der Waals surface area contributed by atoms with Gasteiger partial charge in [-0.2, -0.15) is 0 Å². The first-order valence-corrected chi connectivity index (χ1v) is 9.32. The van der Waals surface area contributed by atoms with Crippen molar-refractivity contribution in [1.29, 1.82) is 0 Å². The topological polar surface area (TPSA) is 75.9 Å². The van der Waals surface area contributed by atoms with E-state index >= 15 is 0 Å². The maximum atomic E-state index is 13.2. The second kappa shape index (κ2) is 6.23. The van der Waals surface area contributed by atoms with Gasteiger partial charge in [0.25, 0.3) is 0 Å². The molecule has 26 heavy (non-hydrogen) atoms. The minimum atomic E-state index is -0.639. The highest BCUT2D eigenvalue weighted by Crippen LogP contribution is 2.52. The Labute approximate surface area is 152 Å². The highest BCUT2D eigenvalue weighted by atomic mass is 16.5. The molecular weight excluding hydrogens is 334 g/mol. The molecule has 0 aliphatic carbocycles. The molecule has 7 nitrogen and oxygen atoms in total. The molecule has 7 heteroatoms. The van der Waals surface area contributed by atoms with Crippen LogP contribution in [-0.2, 0) is 20.9 Å². The second-order valence-corrected chi connectivity index (χ2v) is 7.52. The van der Waals surface area contributed by atoms with Gasteiger partial charge in [0.15, 0.2) is 0 Å². The van der Waals surface area contributed by atoms with E-state index in [1.807, 2.05) is 17.1 Å². The summed E-state index contributed by atoms with van der Waals surface area (Å²) in [5, 5.41) is 3.86. The van der Waals surface area contributed by atoms with E-state index in [9.17, 15) is 9.59 Å². The fraction of sp³-hybridized carbons (Fsp3) is 0.632. The number of nitrogens with zero attached hydrogens (tertiary/aromatic N) is 3. The minimum Gasteiger partial charge on any atom is -0.364 e. The molecule has 2 amide bonds. The van der Waals surface area contributed by atoms with Crippen LogP contribution in [-0.4, -0.2) is 58.1 Å². The third kappa shape index (κ3) is 2.40. The van der Waals surface area contributed by atoms with Gasteiger partial charge in [-0.1, -0.05) is 31.2 Å². The molecule has 1 spiro atoms. The molecule has 4 atom stereocenters. The third-order valence-corrected chi connectivity index (χ3v) is 6.06. The lowest BCUT2D eigenvalue weighted by Gasteiger charge is -2.29. The molecule has 0 saturated carbocycles. The third-order valence-electron chi connectivity index (χ3n) is 6.06. The van der Waals surface area contributed by atoms with Crippen molar-refractivity contribution in [2.75, 3.05) is 13.6 Å². The van der Waals surface area contributed by atoms with Gasteiger partial charge in [-0.25, -0.2) is 0 Å². The highest BCUT2D eigenvalue weighted by Gasteiger charge is 2.67. The summed E-state index contributed by atoms with van der Waals surface area (Å²) in [5.74, 6) is -0.915. The van der Waals surface area contributed by atoms with Crippen molar-refractivity contribution in [2.45, 2.75) is 51.0 Å². The van der Waals surface area contributed by atoms with Crippen LogP contribution in [0, 0.1) is 11.8 Å². The normalized spacial score (nSPS) is 31.9. The Balaban J connectivity index is 1.57. The Morgan fingerprint density at radius 2 is 2.23 bits per heavy atom. The number of rotatable bonds is 6. The molecule has 2 fully saturated rings. The Morgan fingerprint density at radius 1 is 1.46 bits per heavy atom. The van der Waals surface area contributed by atoms with Gasteiger partial charge in [-0.3, -0.25) is 9.59 Å². The van der Waals surface area contributed by atoms with E-state index in [1.54, 1.807) is 18.0 Å². The lowest BCUT2D eigenvalue weighted by molar-refractivity contribution is -0.143. The van der Waals surface area contributed by atoms with Crippen LogP contribution in [0.5, 0.6) is 0 Å². The molecule has 4 rings (SSSR count). The molecule has 0 radical (unpaired) electrons. The van der Waals surface area contributed by atoms with Crippen molar-refractivity contribution < 1.29 is 18.8 Å². The van der Waals surface area contributed by atoms with Crippen LogP contribution in [0.25, 0.3) is 0 Å². The van der Waals surface area contributed by atoms with E-state index in [4.69, 9.17) is 9.26 Å². The van der Waals surface area contributed by atoms with Crippen LogP contribution in [0.3, 0.4) is 0 Å². The van der Waals surface area contributed by atoms with E-state index in [0.29, 0.717) is 18.8 Å². The summed E-state index contributed by atoms with van der Waals surface area (Å²) in [6.45, 7) is 5.09. The van der Waals surface area contributed by atoms with Crippen LogP contribution < -0.4 is 0 Å². The SMILES string of the molecule is CCC(CC)N1C[C@]23C=C[C@H](O2)[C@H](C(=O)N(C)Cc2ccon2)[C@H]3C1=O. The molecule has 1 aromatic heterocycles. The van der Waals surface area contributed by atoms with Gasteiger partial charge in [0.1, 0.15) is 17.6 Å². The monoisotopic (exact) mass is 359 g/mol. The van der Waals surface area contributed by atoms with Crippen molar-refractivity contribution in [2.24, 2.45) is 11.8 Å². The highest BCUT2D eigenvalue weighted by molar-refractivity contribution is 5.93. The van der Waals surface area contributed by atoms with Gasteiger partial charge in [0.05, 0.1) is 31.0 Å². The van der Waals surface area contributed by atoms with Crippen molar-refractivity contribution in [1.82, 2.24) is 15.0 Å². The minimum absolute atomic E-state index is 0.0544. The molecular formula is C19H25N3O4. The number of carbonyl (C=O) groups is 2. The van der Waals surface area contributed by atoms with Gasteiger partial charge in [0.2, 0.25) is 11.8 Å². The molecule has 0 aromatic carbocycles. The number of likely N-dealkylation sites (tertiary alicyclic amines) is 1. The average molecular weight is 359 g/mol. The zero-order valence-corrected chi connectivity index (χ0v) is 15.4. The first kappa shape index (κ1) is 17.3. The van der Waals surface area contributed by atoms with E-state index < -0.39 is 17.4 Å². The smallest absolute Gasteiger partial charge is 0.230 e. The molecule has 140 valence electrons. The predicted octanol–water partition coefficient (Wildman–Crippen LogP) is 1.60. The summed E-state index contributed by atoms with van der Waals surface area (Å²) in [7, 11) is 1.73. The summed E-state index contributed by atoms with van der Waals surface area (Å²) in [6, 6.07) is 1.93. The summed E-state index contributed by atoms with van der Waals surface area (Å²) < 4.78 is 11.0. The molecule has 3 aliphatic rings. The molecule has 0 N–H and O–H groups in total. The number of hydrogen-bond donors (Lipinski definition) is 0. The number of ether oxygens (including phenoxy) is 1. The summed E-state index contributed by atoms with van der Waals surface area (Å²) in [5.41, 5.74) is 0.0472. The lowest BCUT2D eigenvalue weighted by Crippen LogP contribution is -2.45. The first-order chi connectivity index (χ1) is 12.5. The Hall–Kier alpha value is -2.15. The van der Waals surface area contributed by atoms with Gasteiger partial charge in [0, 0.05) is 19.2 Å².